The second-order valence-corrected chi connectivity index (χ2v) is 7.22. The first-order chi connectivity index (χ1) is 12.2. The maximum Gasteiger partial charge on any atom is 0.230 e. The highest BCUT2D eigenvalue weighted by Gasteiger charge is 2.24. The fourth-order valence-electron chi connectivity index (χ4n) is 2.48. The molecule has 0 aromatic heterocycles. The first-order valence-electron chi connectivity index (χ1n) is 8.35. The molecule has 136 valence electrons. The zero-order chi connectivity index (χ0) is 18.9. The Hall–Kier alpha value is -2.96. The summed E-state index contributed by atoms with van der Waals surface area (Å²) in [6.07, 6.45) is 2.03. The molecule has 26 heavy (non-hydrogen) atoms. The van der Waals surface area contributed by atoms with Gasteiger partial charge in [-0.25, -0.2) is 14.4 Å². The van der Waals surface area contributed by atoms with Crippen molar-refractivity contribution in [2.24, 2.45) is 5.41 Å². The Kier molecular flexibility index (Phi) is 4.63. The average Bonchev–Trinajstić information content (AvgIpc) is 2.97. The third kappa shape index (κ3) is 3.82. The molecule has 0 spiro atoms. The zero-order valence-electron chi connectivity index (χ0n) is 15.0. The average molecular weight is 356 g/mol. The number of aryl methyl sites for hydroxylation is 2. The van der Waals surface area contributed by atoms with Crippen molar-refractivity contribution in [1.29, 1.82) is 0 Å². The summed E-state index contributed by atoms with van der Waals surface area (Å²) in [4.78, 5) is 20.5. The first kappa shape index (κ1) is 17.8. The predicted molar refractivity (Wildman–Crippen MR) is 96.5 cm³/mol. The second kappa shape index (κ2) is 6.74. The quantitative estimate of drug-likeness (QED) is 0.750. The van der Waals surface area contributed by atoms with Crippen LogP contribution in [0.5, 0.6) is 5.88 Å². The van der Waals surface area contributed by atoms with Crippen molar-refractivity contribution in [2.75, 3.05) is 5.32 Å². The van der Waals surface area contributed by atoms with E-state index in [0.717, 1.165) is 5.56 Å². The van der Waals surface area contributed by atoms with Crippen molar-refractivity contribution in [3.63, 3.8) is 0 Å². The van der Waals surface area contributed by atoms with E-state index in [9.17, 15) is 14.3 Å². The zero-order valence-corrected chi connectivity index (χ0v) is 15.0. The molecular weight excluding hydrogens is 335 g/mol. The fraction of sp³-hybridized carbons (Fsp3) is 0.316. The Morgan fingerprint density at radius 2 is 2.08 bits per heavy atom. The van der Waals surface area contributed by atoms with Gasteiger partial charge in [-0.3, -0.25) is 4.79 Å². The van der Waals surface area contributed by atoms with E-state index in [2.05, 4.69) is 15.3 Å². The summed E-state index contributed by atoms with van der Waals surface area (Å²) in [7, 11) is 0. The van der Waals surface area contributed by atoms with Gasteiger partial charge in [0.15, 0.2) is 5.82 Å². The van der Waals surface area contributed by atoms with E-state index in [-0.39, 0.29) is 17.6 Å². The molecular formula is C19H21FN4O2. The van der Waals surface area contributed by atoms with Crippen LogP contribution in [-0.4, -0.2) is 25.5 Å². The standard InChI is InChI=1S/C19H21FN4O2/c1-19(2,3)18(26)23-15-10-14-16(22-15)21-11-24(17(14)25)8-7-12-5-4-6-13(20)9-12/h4-6,9-11,25H,7-8H2,1-3H3,(H,23,26). The minimum absolute atomic E-state index is 0.00941. The molecule has 2 aliphatic rings. The lowest BCUT2D eigenvalue weighted by molar-refractivity contribution is -0.123. The topological polar surface area (TPSA) is 80.0 Å². The number of carbonyl (C=O) groups excluding carboxylic acids is 1. The van der Waals surface area contributed by atoms with E-state index in [1.165, 1.54) is 18.5 Å². The Balaban J connectivity index is 1.80. The van der Waals surface area contributed by atoms with Gasteiger partial charge in [0.1, 0.15) is 11.6 Å². The highest BCUT2D eigenvalue weighted by Crippen LogP contribution is 2.32. The van der Waals surface area contributed by atoms with Gasteiger partial charge in [0.25, 0.3) is 0 Å². The van der Waals surface area contributed by atoms with Crippen molar-refractivity contribution in [3.8, 4) is 17.3 Å². The maximum atomic E-state index is 13.3. The molecule has 2 N–H and O–H groups in total. The van der Waals surface area contributed by atoms with Crippen LogP contribution in [0.1, 0.15) is 26.3 Å². The van der Waals surface area contributed by atoms with Crippen molar-refractivity contribution in [2.45, 2.75) is 33.7 Å². The molecule has 3 rings (SSSR count). The number of carbonyl (C=O) groups is 1. The second-order valence-electron chi connectivity index (χ2n) is 7.22. The van der Waals surface area contributed by atoms with Crippen LogP contribution in [-0.2, 0) is 17.8 Å². The fourth-order valence-corrected chi connectivity index (χ4v) is 2.48. The van der Waals surface area contributed by atoms with E-state index in [1.54, 1.807) is 37.5 Å². The number of nitrogens with one attached hydrogen (secondary N) is 1. The van der Waals surface area contributed by atoms with Gasteiger partial charge in [-0.1, -0.05) is 32.9 Å². The molecule has 0 radical (unpaired) electrons. The van der Waals surface area contributed by atoms with Gasteiger partial charge >= 0.3 is 0 Å². The number of nitrogens with zero attached hydrogens (tertiary/aromatic N) is 3. The molecule has 1 aromatic rings. The number of aromatic hydroxyl groups is 1. The summed E-state index contributed by atoms with van der Waals surface area (Å²) < 4.78 is 14.8. The maximum absolute atomic E-state index is 13.3. The molecule has 2 aliphatic heterocycles. The predicted octanol–water partition coefficient (Wildman–Crippen LogP) is 3.45. The number of halogens is 1. The molecule has 1 amide bonds. The largest absolute Gasteiger partial charge is 0.494 e. The molecule has 0 atom stereocenters. The minimum Gasteiger partial charge on any atom is -0.494 e. The summed E-state index contributed by atoms with van der Waals surface area (Å²) >= 11 is 0. The van der Waals surface area contributed by atoms with Crippen molar-refractivity contribution < 1.29 is 14.3 Å². The third-order valence-corrected chi connectivity index (χ3v) is 4.03. The van der Waals surface area contributed by atoms with Gasteiger partial charge in [-0.15, -0.1) is 0 Å². The molecule has 0 unspecified atom stereocenters. The van der Waals surface area contributed by atoms with Crippen LogP contribution in [0.25, 0.3) is 11.4 Å². The monoisotopic (exact) mass is 356 g/mol. The van der Waals surface area contributed by atoms with E-state index in [1.807, 2.05) is 6.07 Å². The van der Waals surface area contributed by atoms with Crippen LogP contribution in [0.2, 0.25) is 0 Å². The molecule has 0 fully saturated rings. The van der Waals surface area contributed by atoms with Gasteiger partial charge < -0.3 is 15.0 Å². The van der Waals surface area contributed by atoms with Crippen LogP contribution in [0, 0.1) is 11.2 Å². The summed E-state index contributed by atoms with van der Waals surface area (Å²) in [5, 5.41) is 13.2. The lowest BCUT2D eigenvalue weighted by Gasteiger charge is -2.16. The molecule has 0 bridgehead atoms. The third-order valence-electron chi connectivity index (χ3n) is 4.03. The van der Waals surface area contributed by atoms with E-state index < -0.39 is 5.41 Å². The van der Waals surface area contributed by atoms with Crippen molar-refractivity contribution in [1.82, 2.24) is 14.5 Å². The lowest BCUT2D eigenvalue weighted by Crippen LogP contribution is -2.27. The van der Waals surface area contributed by atoms with Gasteiger partial charge in [0, 0.05) is 12.0 Å². The van der Waals surface area contributed by atoms with Crippen LogP contribution in [0.15, 0.2) is 36.7 Å². The van der Waals surface area contributed by atoms with E-state index in [0.29, 0.717) is 30.2 Å². The number of benzene rings is 1. The van der Waals surface area contributed by atoms with Crippen LogP contribution < -0.4 is 5.32 Å². The first-order valence-corrected chi connectivity index (χ1v) is 8.35. The normalized spacial score (nSPS) is 11.7. The van der Waals surface area contributed by atoms with Gasteiger partial charge in [0.05, 0.1) is 11.9 Å². The highest BCUT2D eigenvalue weighted by atomic mass is 19.1. The Morgan fingerprint density at radius 3 is 2.77 bits per heavy atom. The molecule has 2 heterocycles. The Bertz CT molecular complexity index is 914. The number of rotatable bonds is 4. The smallest absolute Gasteiger partial charge is 0.230 e. The number of fused-ring (bicyclic) bond motifs is 1. The molecule has 0 aliphatic carbocycles. The van der Waals surface area contributed by atoms with Crippen LogP contribution in [0.3, 0.4) is 0 Å². The number of amides is 1. The Labute approximate surface area is 151 Å². The van der Waals surface area contributed by atoms with Gasteiger partial charge in [0.2, 0.25) is 11.8 Å². The SMILES string of the molecule is CC(C)(C)C(=O)Nc1cc2c(O)n(CCc3cccc(F)c3)cnc-2n1. The number of anilines is 1. The Morgan fingerprint density at radius 1 is 1.31 bits per heavy atom. The number of hydrogen-bond donors (Lipinski definition) is 2. The number of aromatic nitrogens is 3. The molecule has 0 saturated carbocycles. The lowest BCUT2D eigenvalue weighted by atomic mass is 9.96. The van der Waals surface area contributed by atoms with Crippen LogP contribution >= 0.6 is 0 Å². The summed E-state index contributed by atoms with van der Waals surface area (Å²) in [6.45, 7) is 5.86. The van der Waals surface area contributed by atoms with Gasteiger partial charge in [-0.2, -0.15) is 0 Å². The van der Waals surface area contributed by atoms with Crippen molar-refractivity contribution in [3.05, 3.63) is 48.0 Å². The van der Waals surface area contributed by atoms with E-state index >= 15 is 0 Å². The van der Waals surface area contributed by atoms with Gasteiger partial charge in [-0.05, 0) is 30.2 Å². The molecule has 1 aromatic carbocycles. The van der Waals surface area contributed by atoms with E-state index in [4.69, 9.17) is 0 Å². The summed E-state index contributed by atoms with van der Waals surface area (Å²) in [6, 6.07) is 7.94. The summed E-state index contributed by atoms with van der Waals surface area (Å²) in [5.41, 5.74) is 0.734. The van der Waals surface area contributed by atoms with Crippen LogP contribution in [0.4, 0.5) is 10.2 Å². The molecule has 0 saturated heterocycles. The summed E-state index contributed by atoms with van der Waals surface area (Å²) in [5.74, 6) is 0.262. The minimum atomic E-state index is -0.550. The number of hydrogen-bond acceptors (Lipinski definition) is 4. The van der Waals surface area contributed by atoms with Crippen molar-refractivity contribution >= 4 is 11.7 Å². The molecule has 7 heteroatoms. The highest BCUT2D eigenvalue weighted by molar-refractivity contribution is 5.94. The molecule has 6 nitrogen and oxygen atoms in total.